The van der Waals surface area contributed by atoms with Gasteiger partial charge < -0.3 is 8.98 Å². The predicted octanol–water partition coefficient (Wildman–Crippen LogP) is 5.48. The fourth-order valence-electron chi connectivity index (χ4n) is 2.29. The van der Waals surface area contributed by atoms with Crippen LogP contribution in [0.25, 0.3) is 0 Å². The van der Waals surface area contributed by atoms with Crippen molar-refractivity contribution in [2.75, 3.05) is 6.61 Å². The number of benzene rings is 1. The Hall–Kier alpha value is 0.0769. The molecular weight excluding hydrogens is 421 g/mol. The van der Waals surface area contributed by atoms with Crippen LogP contribution in [0.4, 0.5) is 4.39 Å². The smallest absolute Gasteiger partial charge is 0.192 e. The van der Waals surface area contributed by atoms with E-state index in [1.54, 1.807) is 6.07 Å². The van der Waals surface area contributed by atoms with E-state index in [4.69, 9.17) is 9.56 Å². The Balaban J connectivity index is 3.12. The Morgan fingerprint density at radius 1 is 1.28 bits per heavy atom. The van der Waals surface area contributed by atoms with E-state index in [-0.39, 0.29) is 16.8 Å². The highest BCUT2D eigenvalue weighted by Gasteiger charge is 2.40. The molecule has 0 aliphatic rings. The standard InChI is InChI=1S/C18H31BrFNO2SSi/c1-17(2,3)25(6,7)23-12-13(11-18(4,5)24(21)22)15-9-8-14(19)10-16(15)20/h8-10,13H,11-12,21H2,1-7H3. The molecule has 0 heterocycles. The summed E-state index contributed by atoms with van der Waals surface area (Å²) < 4.78 is 32.8. The second-order valence-electron chi connectivity index (χ2n) is 8.70. The summed E-state index contributed by atoms with van der Waals surface area (Å²) in [4.78, 5) is 0. The van der Waals surface area contributed by atoms with Gasteiger partial charge in [0.2, 0.25) is 0 Å². The summed E-state index contributed by atoms with van der Waals surface area (Å²) in [7, 11) is -1.97. The molecule has 0 bridgehead atoms. The Labute approximate surface area is 164 Å². The summed E-state index contributed by atoms with van der Waals surface area (Å²) in [5, 5.41) is 5.72. The van der Waals surface area contributed by atoms with E-state index in [0.717, 1.165) is 0 Å². The second-order valence-corrected chi connectivity index (χ2v) is 16.1. The van der Waals surface area contributed by atoms with Gasteiger partial charge in [-0.1, -0.05) is 42.8 Å². The summed E-state index contributed by atoms with van der Waals surface area (Å²) in [6.07, 6.45) is 0.489. The van der Waals surface area contributed by atoms with Crippen molar-refractivity contribution in [3.63, 3.8) is 0 Å². The number of nitrogens with two attached hydrogens (primary N) is 1. The van der Waals surface area contributed by atoms with Gasteiger partial charge in [0.25, 0.3) is 0 Å². The van der Waals surface area contributed by atoms with Gasteiger partial charge in [0.1, 0.15) is 10.6 Å². The summed E-state index contributed by atoms with van der Waals surface area (Å²) in [6, 6.07) is 5.06. The lowest BCUT2D eigenvalue weighted by Crippen LogP contribution is -2.43. The Kier molecular flexibility index (Phi) is 7.76. The van der Waals surface area contributed by atoms with Gasteiger partial charge in [-0.2, -0.15) is 5.14 Å². The molecule has 0 aromatic heterocycles. The molecule has 1 aromatic carbocycles. The minimum atomic E-state index is -1.97. The zero-order valence-electron chi connectivity index (χ0n) is 16.3. The van der Waals surface area contributed by atoms with Crippen LogP contribution in [0.2, 0.25) is 18.1 Å². The maximum atomic E-state index is 14.5. The van der Waals surface area contributed by atoms with Gasteiger partial charge in [-0.3, -0.25) is 0 Å². The zero-order chi connectivity index (χ0) is 19.6. The summed E-state index contributed by atoms with van der Waals surface area (Å²) in [5.74, 6) is -0.485. The molecule has 25 heavy (non-hydrogen) atoms. The molecule has 0 amide bonds. The van der Waals surface area contributed by atoms with E-state index in [1.807, 2.05) is 19.9 Å². The van der Waals surface area contributed by atoms with Crippen LogP contribution >= 0.6 is 15.9 Å². The van der Waals surface area contributed by atoms with Crippen molar-refractivity contribution >= 4 is 35.6 Å². The Bertz CT molecular complexity index is 591. The van der Waals surface area contributed by atoms with Gasteiger partial charge in [0, 0.05) is 34.8 Å². The number of hydrogen-bond donors (Lipinski definition) is 1. The lowest BCUT2D eigenvalue weighted by atomic mass is 9.90. The number of halogens is 2. The van der Waals surface area contributed by atoms with Crippen LogP contribution in [-0.2, 0) is 15.8 Å². The molecule has 0 spiro atoms. The molecule has 0 aliphatic heterocycles. The van der Waals surface area contributed by atoms with Crippen LogP contribution in [-0.4, -0.2) is 24.2 Å². The largest absolute Gasteiger partial charge is 0.598 e. The van der Waals surface area contributed by atoms with Gasteiger partial charge >= 0.3 is 0 Å². The first-order valence-electron chi connectivity index (χ1n) is 8.42. The van der Waals surface area contributed by atoms with Crippen molar-refractivity contribution in [1.29, 1.82) is 0 Å². The maximum absolute atomic E-state index is 14.5. The van der Waals surface area contributed by atoms with E-state index >= 15 is 0 Å². The van der Waals surface area contributed by atoms with Crippen LogP contribution in [0.1, 0.15) is 52.5 Å². The average Bonchev–Trinajstić information content (AvgIpc) is 2.42. The van der Waals surface area contributed by atoms with Crippen molar-refractivity contribution in [3.05, 3.63) is 34.1 Å². The highest BCUT2D eigenvalue weighted by atomic mass is 79.9. The highest BCUT2D eigenvalue weighted by molar-refractivity contribution is 9.10. The SMILES string of the molecule is CC(C)(CC(CO[Si](C)(C)C(C)(C)C)c1ccc(Br)cc1F)[S+](N)[O-]. The van der Waals surface area contributed by atoms with Gasteiger partial charge in [0.15, 0.2) is 8.32 Å². The van der Waals surface area contributed by atoms with Crippen molar-refractivity contribution in [2.24, 2.45) is 5.14 Å². The number of rotatable bonds is 7. The monoisotopic (exact) mass is 451 g/mol. The van der Waals surface area contributed by atoms with E-state index < -0.39 is 24.4 Å². The fraction of sp³-hybridized carbons (Fsp3) is 0.667. The Morgan fingerprint density at radius 2 is 1.84 bits per heavy atom. The number of hydrogen-bond acceptors (Lipinski definition) is 3. The molecule has 0 aliphatic carbocycles. The highest BCUT2D eigenvalue weighted by Crippen LogP contribution is 2.39. The summed E-state index contributed by atoms with van der Waals surface area (Å²) in [6.45, 7) is 15.0. The minimum absolute atomic E-state index is 0.0714. The van der Waals surface area contributed by atoms with Crippen molar-refractivity contribution < 1.29 is 13.4 Å². The van der Waals surface area contributed by atoms with Crippen molar-refractivity contribution in [1.82, 2.24) is 0 Å². The van der Waals surface area contributed by atoms with Crippen molar-refractivity contribution in [2.45, 2.75) is 69.8 Å². The summed E-state index contributed by atoms with van der Waals surface area (Å²) >= 11 is 1.79. The third kappa shape index (κ3) is 6.32. The van der Waals surface area contributed by atoms with Crippen LogP contribution in [0, 0.1) is 5.82 Å². The van der Waals surface area contributed by atoms with E-state index in [9.17, 15) is 8.94 Å². The Morgan fingerprint density at radius 3 is 2.28 bits per heavy atom. The molecule has 3 nitrogen and oxygen atoms in total. The van der Waals surface area contributed by atoms with Crippen LogP contribution in [0.15, 0.2) is 22.7 Å². The molecule has 0 saturated carbocycles. The van der Waals surface area contributed by atoms with Gasteiger partial charge in [-0.05, 0) is 49.7 Å². The van der Waals surface area contributed by atoms with Crippen molar-refractivity contribution in [3.8, 4) is 0 Å². The van der Waals surface area contributed by atoms with Crippen LogP contribution in [0.5, 0.6) is 0 Å². The molecule has 0 fully saturated rings. The quantitative estimate of drug-likeness (QED) is 0.440. The third-order valence-electron chi connectivity index (χ3n) is 5.14. The fourth-order valence-corrected chi connectivity index (χ4v) is 4.04. The van der Waals surface area contributed by atoms with E-state index in [0.29, 0.717) is 23.1 Å². The molecule has 144 valence electrons. The molecular formula is C18H31BrFNO2SSi. The normalized spacial score (nSPS) is 16.0. The first-order chi connectivity index (χ1) is 11.2. The lowest BCUT2D eigenvalue weighted by molar-refractivity contribution is 0.247. The van der Waals surface area contributed by atoms with Gasteiger partial charge in [-0.25, -0.2) is 4.39 Å². The average molecular weight is 453 g/mol. The molecule has 1 rings (SSSR count). The van der Waals surface area contributed by atoms with Gasteiger partial charge in [-0.15, -0.1) is 0 Å². The third-order valence-corrected chi connectivity index (χ3v) is 11.4. The minimum Gasteiger partial charge on any atom is -0.598 e. The first-order valence-corrected chi connectivity index (χ1v) is 13.3. The second kappa shape index (κ2) is 8.40. The van der Waals surface area contributed by atoms with Gasteiger partial charge in [0.05, 0.1) is 0 Å². The molecule has 2 N–H and O–H groups in total. The zero-order valence-corrected chi connectivity index (χ0v) is 19.7. The first kappa shape index (κ1) is 23.1. The summed E-state index contributed by atoms with van der Waals surface area (Å²) in [5.41, 5.74) is 0.584. The van der Waals surface area contributed by atoms with E-state index in [1.165, 1.54) is 6.07 Å². The predicted molar refractivity (Wildman–Crippen MR) is 111 cm³/mol. The molecule has 0 saturated heterocycles. The molecule has 1 aromatic rings. The van der Waals surface area contributed by atoms with Crippen LogP contribution < -0.4 is 5.14 Å². The topological polar surface area (TPSA) is 58.3 Å². The molecule has 2 atom stereocenters. The lowest BCUT2D eigenvalue weighted by Gasteiger charge is -2.38. The molecule has 0 radical (unpaired) electrons. The van der Waals surface area contributed by atoms with Crippen LogP contribution in [0.3, 0.4) is 0 Å². The van der Waals surface area contributed by atoms with E-state index in [2.05, 4.69) is 49.8 Å². The maximum Gasteiger partial charge on any atom is 0.192 e. The molecule has 7 heteroatoms. The molecule has 2 unspecified atom stereocenters.